The number of carbonyl (C=O) groups excluding carboxylic acids is 1. The van der Waals surface area contributed by atoms with Crippen molar-refractivity contribution in [2.45, 2.75) is 13.0 Å². The Bertz CT molecular complexity index is 607. The molecule has 0 radical (unpaired) electrons. The van der Waals surface area contributed by atoms with Crippen LogP contribution in [0.25, 0.3) is 0 Å². The molecule has 2 aromatic carbocycles. The molecular weight excluding hydrogens is 236 g/mol. The van der Waals surface area contributed by atoms with Gasteiger partial charge in [0.25, 0.3) is 5.91 Å². The molecule has 2 aromatic rings. The van der Waals surface area contributed by atoms with E-state index in [0.717, 1.165) is 29.8 Å². The van der Waals surface area contributed by atoms with Gasteiger partial charge in [-0.3, -0.25) is 4.79 Å². The van der Waals surface area contributed by atoms with Crippen molar-refractivity contribution < 1.29 is 4.79 Å². The number of nitrogens with two attached hydrogens (primary N) is 1. The van der Waals surface area contributed by atoms with Crippen LogP contribution in [0.3, 0.4) is 0 Å². The summed E-state index contributed by atoms with van der Waals surface area (Å²) in [6.45, 7) is 1.25. The van der Waals surface area contributed by atoms with Gasteiger partial charge in [0, 0.05) is 24.3 Å². The molecule has 0 unspecified atom stereocenters. The van der Waals surface area contributed by atoms with E-state index < -0.39 is 0 Å². The molecule has 2 N–H and O–H groups in total. The molecule has 0 atom stereocenters. The molecule has 0 spiro atoms. The van der Waals surface area contributed by atoms with Crippen LogP contribution in [0.5, 0.6) is 0 Å². The van der Waals surface area contributed by atoms with Crippen LogP contribution in [-0.2, 0) is 13.0 Å². The molecular formula is C16H16N2O. The van der Waals surface area contributed by atoms with Gasteiger partial charge in [0.2, 0.25) is 0 Å². The molecule has 3 heteroatoms. The van der Waals surface area contributed by atoms with Crippen LogP contribution in [0.15, 0.2) is 48.5 Å². The van der Waals surface area contributed by atoms with Crippen LogP contribution in [0, 0.1) is 0 Å². The highest BCUT2D eigenvalue weighted by atomic mass is 16.2. The van der Waals surface area contributed by atoms with E-state index >= 15 is 0 Å². The van der Waals surface area contributed by atoms with Gasteiger partial charge < -0.3 is 10.6 Å². The Morgan fingerprint density at radius 1 is 1.16 bits per heavy atom. The smallest absolute Gasteiger partial charge is 0.258 e. The maximum Gasteiger partial charge on any atom is 0.258 e. The summed E-state index contributed by atoms with van der Waals surface area (Å²) >= 11 is 0. The summed E-state index contributed by atoms with van der Waals surface area (Å²) in [7, 11) is 0. The van der Waals surface area contributed by atoms with E-state index in [9.17, 15) is 4.79 Å². The molecule has 3 nitrogen and oxygen atoms in total. The second-order valence-corrected chi connectivity index (χ2v) is 4.74. The highest BCUT2D eigenvalue weighted by Gasteiger charge is 2.25. The topological polar surface area (TPSA) is 46.3 Å². The molecule has 1 heterocycles. The summed E-state index contributed by atoms with van der Waals surface area (Å²) in [6, 6.07) is 15.6. The normalized spacial score (nSPS) is 13.4. The number of nitrogens with zero attached hydrogens (tertiary/aromatic N) is 1. The summed E-state index contributed by atoms with van der Waals surface area (Å²) in [6.07, 6.45) is 0.915. The molecule has 0 aliphatic carbocycles. The van der Waals surface area contributed by atoms with Gasteiger partial charge in [0.15, 0.2) is 0 Å². The second kappa shape index (κ2) is 4.86. The van der Waals surface area contributed by atoms with E-state index in [1.807, 2.05) is 47.4 Å². The van der Waals surface area contributed by atoms with Crippen molar-refractivity contribution in [1.82, 2.24) is 0 Å². The second-order valence-electron chi connectivity index (χ2n) is 4.74. The first kappa shape index (κ1) is 11.9. The van der Waals surface area contributed by atoms with Gasteiger partial charge in [-0.2, -0.15) is 0 Å². The highest BCUT2D eigenvalue weighted by Crippen LogP contribution is 2.30. The average molecular weight is 252 g/mol. The minimum absolute atomic E-state index is 0.0634. The predicted molar refractivity (Wildman–Crippen MR) is 76.2 cm³/mol. The lowest BCUT2D eigenvalue weighted by Crippen LogP contribution is -2.28. The van der Waals surface area contributed by atoms with E-state index in [1.54, 1.807) is 0 Å². The molecule has 3 rings (SSSR count). The highest BCUT2D eigenvalue weighted by molar-refractivity contribution is 6.07. The molecule has 0 saturated carbocycles. The van der Waals surface area contributed by atoms with Gasteiger partial charge in [-0.05, 0) is 35.7 Å². The van der Waals surface area contributed by atoms with Crippen molar-refractivity contribution >= 4 is 11.6 Å². The minimum atomic E-state index is 0.0634. The zero-order valence-electron chi connectivity index (χ0n) is 10.7. The van der Waals surface area contributed by atoms with Gasteiger partial charge in [-0.25, -0.2) is 0 Å². The summed E-state index contributed by atoms with van der Waals surface area (Å²) in [5.74, 6) is 0.0634. The van der Waals surface area contributed by atoms with Crippen LogP contribution >= 0.6 is 0 Å². The molecule has 0 aromatic heterocycles. The van der Waals surface area contributed by atoms with Crippen LogP contribution in [-0.4, -0.2) is 12.5 Å². The van der Waals surface area contributed by atoms with Gasteiger partial charge in [-0.15, -0.1) is 0 Å². The van der Waals surface area contributed by atoms with Crippen LogP contribution in [0.1, 0.15) is 21.5 Å². The zero-order valence-corrected chi connectivity index (χ0v) is 10.7. The SMILES string of the molecule is NCc1ccc2c(c1)N(C(=O)c1ccccc1)CC2. The fraction of sp³-hybridized carbons (Fsp3) is 0.188. The lowest BCUT2D eigenvalue weighted by atomic mass is 10.1. The average Bonchev–Trinajstić information content (AvgIpc) is 2.90. The van der Waals surface area contributed by atoms with Crippen LogP contribution in [0.2, 0.25) is 0 Å². The van der Waals surface area contributed by atoms with Crippen molar-refractivity contribution in [2.75, 3.05) is 11.4 Å². The van der Waals surface area contributed by atoms with E-state index in [0.29, 0.717) is 6.54 Å². The molecule has 1 amide bonds. The Balaban J connectivity index is 1.96. The number of carbonyl (C=O) groups is 1. The molecule has 19 heavy (non-hydrogen) atoms. The summed E-state index contributed by atoms with van der Waals surface area (Å²) < 4.78 is 0. The number of benzene rings is 2. The maximum atomic E-state index is 12.5. The number of rotatable bonds is 2. The Morgan fingerprint density at radius 2 is 1.95 bits per heavy atom. The van der Waals surface area contributed by atoms with E-state index in [4.69, 9.17) is 5.73 Å². The van der Waals surface area contributed by atoms with Crippen LogP contribution in [0.4, 0.5) is 5.69 Å². The first-order valence-electron chi connectivity index (χ1n) is 6.48. The third-order valence-electron chi connectivity index (χ3n) is 3.55. The first-order valence-corrected chi connectivity index (χ1v) is 6.48. The number of anilines is 1. The summed E-state index contributed by atoms with van der Waals surface area (Å²) in [5, 5.41) is 0. The standard InChI is InChI=1S/C16H16N2O/c17-11-12-6-7-13-8-9-18(15(13)10-12)16(19)14-4-2-1-3-5-14/h1-7,10H,8-9,11,17H2. The number of amides is 1. The maximum absolute atomic E-state index is 12.5. The number of hydrogen-bond acceptors (Lipinski definition) is 2. The van der Waals surface area contributed by atoms with Gasteiger partial charge in [0.05, 0.1) is 0 Å². The molecule has 0 fully saturated rings. The van der Waals surface area contributed by atoms with Crippen molar-refractivity contribution in [3.8, 4) is 0 Å². The Hall–Kier alpha value is -2.13. The fourth-order valence-electron chi connectivity index (χ4n) is 2.50. The van der Waals surface area contributed by atoms with Crippen molar-refractivity contribution in [2.24, 2.45) is 5.73 Å². The fourth-order valence-corrected chi connectivity index (χ4v) is 2.50. The predicted octanol–water partition coefficient (Wildman–Crippen LogP) is 2.35. The molecule has 1 aliphatic heterocycles. The summed E-state index contributed by atoms with van der Waals surface area (Å²) in [5.41, 5.74) is 9.70. The van der Waals surface area contributed by atoms with Gasteiger partial charge in [-0.1, -0.05) is 30.3 Å². The van der Waals surface area contributed by atoms with E-state index in [1.165, 1.54) is 5.56 Å². The van der Waals surface area contributed by atoms with E-state index in [2.05, 4.69) is 6.07 Å². The third-order valence-corrected chi connectivity index (χ3v) is 3.55. The van der Waals surface area contributed by atoms with Crippen molar-refractivity contribution in [3.63, 3.8) is 0 Å². The van der Waals surface area contributed by atoms with Crippen LogP contribution < -0.4 is 10.6 Å². The molecule has 0 saturated heterocycles. The Kier molecular flexibility index (Phi) is 3.05. The third kappa shape index (κ3) is 2.13. The monoisotopic (exact) mass is 252 g/mol. The Morgan fingerprint density at radius 3 is 2.68 bits per heavy atom. The Labute approximate surface area is 112 Å². The van der Waals surface area contributed by atoms with Gasteiger partial charge >= 0.3 is 0 Å². The lowest BCUT2D eigenvalue weighted by molar-refractivity contribution is 0.0989. The number of hydrogen-bond donors (Lipinski definition) is 1. The zero-order chi connectivity index (χ0) is 13.2. The minimum Gasteiger partial charge on any atom is -0.326 e. The first-order chi connectivity index (χ1) is 9.29. The summed E-state index contributed by atoms with van der Waals surface area (Å²) in [4.78, 5) is 14.4. The molecule has 0 bridgehead atoms. The van der Waals surface area contributed by atoms with E-state index in [-0.39, 0.29) is 5.91 Å². The van der Waals surface area contributed by atoms with Crippen molar-refractivity contribution in [1.29, 1.82) is 0 Å². The van der Waals surface area contributed by atoms with Crippen molar-refractivity contribution in [3.05, 3.63) is 65.2 Å². The quantitative estimate of drug-likeness (QED) is 0.891. The van der Waals surface area contributed by atoms with Gasteiger partial charge in [0.1, 0.15) is 0 Å². The lowest BCUT2D eigenvalue weighted by Gasteiger charge is -2.18. The largest absolute Gasteiger partial charge is 0.326 e. The number of fused-ring (bicyclic) bond motifs is 1. The molecule has 1 aliphatic rings. The molecule has 96 valence electrons.